The third-order valence-electron chi connectivity index (χ3n) is 3.97. The number of nitro groups is 1. The van der Waals surface area contributed by atoms with Gasteiger partial charge in [0.15, 0.2) is 0 Å². The third kappa shape index (κ3) is 5.32. The Morgan fingerprint density at radius 2 is 1.63 bits per heavy atom. The molecule has 8 nitrogen and oxygen atoms in total. The van der Waals surface area contributed by atoms with E-state index in [1.54, 1.807) is 0 Å². The number of anilines is 1. The SMILES string of the molecule is O=C(NN=Cc1ccc(F)cc1)c1ccc(NC(=O)c2cccc([N+](=O)[O-])c2)cc1. The van der Waals surface area contributed by atoms with Crippen LogP contribution in [0.5, 0.6) is 0 Å². The molecule has 0 aromatic heterocycles. The molecule has 2 N–H and O–H groups in total. The van der Waals surface area contributed by atoms with Crippen LogP contribution in [0.2, 0.25) is 0 Å². The monoisotopic (exact) mass is 406 g/mol. The summed E-state index contributed by atoms with van der Waals surface area (Å²) in [7, 11) is 0. The fourth-order valence-electron chi connectivity index (χ4n) is 2.45. The second-order valence-corrected chi connectivity index (χ2v) is 6.09. The van der Waals surface area contributed by atoms with Gasteiger partial charge in [-0.3, -0.25) is 19.7 Å². The summed E-state index contributed by atoms with van der Waals surface area (Å²) in [6, 6.07) is 17.0. The fourth-order valence-corrected chi connectivity index (χ4v) is 2.45. The zero-order valence-electron chi connectivity index (χ0n) is 15.4. The van der Waals surface area contributed by atoms with Crippen LogP contribution in [0, 0.1) is 15.9 Å². The maximum absolute atomic E-state index is 12.8. The fraction of sp³-hybridized carbons (Fsp3) is 0. The van der Waals surface area contributed by atoms with Gasteiger partial charge in [-0.2, -0.15) is 5.10 Å². The van der Waals surface area contributed by atoms with Crippen molar-refractivity contribution in [3.63, 3.8) is 0 Å². The molecule has 0 aliphatic carbocycles. The van der Waals surface area contributed by atoms with Gasteiger partial charge in [0.05, 0.1) is 11.1 Å². The van der Waals surface area contributed by atoms with E-state index in [1.807, 2.05) is 0 Å². The minimum Gasteiger partial charge on any atom is -0.322 e. The summed E-state index contributed by atoms with van der Waals surface area (Å²) in [6.07, 6.45) is 1.38. The summed E-state index contributed by atoms with van der Waals surface area (Å²) in [5, 5.41) is 17.2. The lowest BCUT2D eigenvalue weighted by molar-refractivity contribution is -0.384. The van der Waals surface area contributed by atoms with E-state index in [-0.39, 0.29) is 17.1 Å². The largest absolute Gasteiger partial charge is 0.322 e. The molecule has 0 atom stereocenters. The summed E-state index contributed by atoms with van der Waals surface area (Å²) >= 11 is 0. The zero-order valence-corrected chi connectivity index (χ0v) is 15.4. The van der Waals surface area contributed by atoms with Gasteiger partial charge in [-0.05, 0) is 48.0 Å². The molecule has 2 amide bonds. The van der Waals surface area contributed by atoms with Crippen LogP contribution < -0.4 is 10.7 Å². The number of hydrazone groups is 1. The van der Waals surface area contributed by atoms with Crippen LogP contribution in [-0.4, -0.2) is 23.0 Å². The molecule has 150 valence electrons. The van der Waals surface area contributed by atoms with Gasteiger partial charge in [-0.25, -0.2) is 9.82 Å². The van der Waals surface area contributed by atoms with Crippen molar-refractivity contribution in [2.75, 3.05) is 5.32 Å². The number of rotatable bonds is 6. The van der Waals surface area contributed by atoms with E-state index >= 15 is 0 Å². The van der Waals surface area contributed by atoms with E-state index in [0.717, 1.165) is 0 Å². The number of halogens is 1. The van der Waals surface area contributed by atoms with Gasteiger partial charge in [0.1, 0.15) is 5.82 Å². The molecule has 0 saturated heterocycles. The molecule has 30 heavy (non-hydrogen) atoms. The van der Waals surface area contributed by atoms with Gasteiger partial charge >= 0.3 is 0 Å². The average Bonchev–Trinajstić information content (AvgIpc) is 2.75. The first kappa shape index (κ1) is 20.3. The van der Waals surface area contributed by atoms with E-state index in [4.69, 9.17) is 0 Å². The van der Waals surface area contributed by atoms with Crippen molar-refractivity contribution in [2.24, 2.45) is 5.10 Å². The van der Waals surface area contributed by atoms with Crippen LogP contribution >= 0.6 is 0 Å². The molecule has 0 saturated carbocycles. The Labute approximate surface area is 170 Å². The summed E-state index contributed by atoms with van der Waals surface area (Å²) in [6.45, 7) is 0. The van der Waals surface area contributed by atoms with Gasteiger partial charge in [0.2, 0.25) is 0 Å². The first-order valence-electron chi connectivity index (χ1n) is 8.67. The Kier molecular flexibility index (Phi) is 6.23. The Hall–Kier alpha value is -4.40. The van der Waals surface area contributed by atoms with E-state index < -0.39 is 16.7 Å². The molecule has 3 aromatic rings. The average molecular weight is 406 g/mol. The molecule has 0 aliphatic rings. The molecule has 0 fully saturated rings. The van der Waals surface area contributed by atoms with E-state index in [0.29, 0.717) is 16.8 Å². The van der Waals surface area contributed by atoms with Crippen LogP contribution in [0.1, 0.15) is 26.3 Å². The predicted molar refractivity (Wildman–Crippen MR) is 109 cm³/mol. The highest BCUT2D eigenvalue weighted by Crippen LogP contribution is 2.16. The van der Waals surface area contributed by atoms with Crippen LogP contribution in [-0.2, 0) is 0 Å². The molecule has 0 unspecified atom stereocenters. The Morgan fingerprint density at radius 1 is 0.933 bits per heavy atom. The molecule has 0 radical (unpaired) electrons. The number of benzene rings is 3. The van der Waals surface area contributed by atoms with Crippen molar-refractivity contribution in [3.05, 3.63) is 105 Å². The number of amides is 2. The quantitative estimate of drug-likeness (QED) is 0.369. The highest BCUT2D eigenvalue weighted by Gasteiger charge is 2.12. The molecule has 0 heterocycles. The van der Waals surface area contributed by atoms with Crippen molar-refractivity contribution >= 4 is 29.4 Å². The molecule has 3 rings (SSSR count). The predicted octanol–water partition coefficient (Wildman–Crippen LogP) is 3.75. The van der Waals surface area contributed by atoms with Crippen LogP contribution in [0.25, 0.3) is 0 Å². The summed E-state index contributed by atoms with van der Waals surface area (Å²) in [5.41, 5.74) is 3.65. The highest BCUT2D eigenvalue weighted by molar-refractivity contribution is 6.05. The molecule has 0 spiro atoms. The number of nitro benzene ring substituents is 1. The number of nitrogens with zero attached hydrogens (tertiary/aromatic N) is 2. The number of non-ortho nitro benzene ring substituents is 1. The minimum atomic E-state index is -0.581. The second-order valence-electron chi connectivity index (χ2n) is 6.09. The number of carbonyl (C=O) groups excluding carboxylic acids is 2. The van der Waals surface area contributed by atoms with Gasteiger partial charge in [0, 0.05) is 28.9 Å². The molecular weight excluding hydrogens is 391 g/mol. The lowest BCUT2D eigenvalue weighted by Gasteiger charge is -2.06. The lowest BCUT2D eigenvalue weighted by Crippen LogP contribution is -2.18. The van der Waals surface area contributed by atoms with E-state index in [2.05, 4.69) is 15.8 Å². The normalized spacial score (nSPS) is 10.6. The zero-order chi connectivity index (χ0) is 21.5. The molecular formula is C21H15FN4O4. The maximum Gasteiger partial charge on any atom is 0.271 e. The van der Waals surface area contributed by atoms with Crippen LogP contribution in [0.15, 0.2) is 77.9 Å². The summed E-state index contributed by atoms with van der Waals surface area (Å²) in [5.74, 6) is -1.35. The Balaban J connectivity index is 1.59. The molecule has 9 heteroatoms. The van der Waals surface area contributed by atoms with Gasteiger partial charge < -0.3 is 5.32 Å². The Bertz CT molecular complexity index is 1110. The standard InChI is InChI=1S/C21H15FN4O4/c22-17-8-4-14(5-9-17)13-23-25-21(28)15-6-10-18(11-7-15)24-20(27)16-2-1-3-19(12-16)26(29)30/h1-13H,(H,24,27)(H,25,28). The second kappa shape index (κ2) is 9.20. The molecule has 0 aliphatic heterocycles. The van der Waals surface area contributed by atoms with Crippen molar-refractivity contribution in [1.82, 2.24) is 5.43 Å². The van der Waals surface area contributed by atoms with Crippen molar-refractivity contribution in [1.29, 1.82) is 0 Å². The van der Waals surface area contributed by atoms with Crippen molar-refractivity contribution < 1.29 is 18.9 Å². The molecule has 3 aromatic carbocycles. The smallest absolute Gasteiger partial charge is 0.271 e. The van der Waals surface area contributed by atoms with Crippen LogP contribution in [0.3, 0.4) is 0 Å². The van der Waals surface area contributed by atoms with E-state index in [1.165, 1.54) is 79.0 Å². The summed E-state index contributed by atoms with van der Waals surface area (Å²) in [4.78, 5) is 34.6. The number of hydrogen-bond acceptors (Lipinski definition) is 5. The van der Waals surface area contributed by atoms with Crippen LogP contribution in [0.4, 0.5) is 15.8 Å². The van der Waals surface area contributed by atoms with Gasteiger partial charge in [-0.1, -0.05) is 18.2 Å². The summed E-state index contributed by atoms with van der Waals surface area (Å²) < 4.78 is 12.8. The van der Waals surface area contributed by atoms with Crippen molar-refractivity contribution in [3.8, 4) is 0 Å². The lowest BCUT2D eigenvalue weighted by atomic mass is 10.1. The first-order chi connectivity index (χ1) is 14.4. The maximum atomic E-state index is 12.8. The highest BCUT2D eigenvalue weighted by atomic mass is 19.1. The minimum absolute atomic E-state index is 0.140. The topological polar surface area (TPSA) is 114 Å². The molecule has 0 bridgehead atoms. The van der Waals surface area contributed by atoms with Gasteiger partial charge in [-0.15, -0.1) is 0 Å². The van der Waals surface area contributed by atoms with Crippen molar-refractivity contribution in [2.45, 2.75) is 0 Å². The Morgan fingerprint density at radius 3 is 2.30 bits per heavy atom. The number of hydrogen-bond donors (Lipinski definition) is 2. The van der Waals surface area contributed by atoms with E-state index in [9.17, 15) is 24.1 Å². The van der Waals surface area contributed by atoms with Gasteiger partial charge in [0.25, 0.3) is 17.5 Å². The number of carbonyl (C=O) groups is 2. The number of nitrogens with one attached hydrogen (secondary N) is 2. The first-order valence-corrected chi connectivity index (χ1v) is 8.67. The third-order valence-corrected chi connectivity index (χ3v) is 3.97.